The fourth-order valence-electron chi connectivity index (χ4n) is 1.58. The molecule has 0 bridgehead atoms. The SMILES string of the molecule is O=C(O)C(Cc1nc2ccccc2[nH]1)C(=O)O. The first kappa shape index (κ1) is 11.1. The molecule has 3 N–H and O–H groups in total. The van der Waals surface area contributed by atoms with E-state index in [-0.39, 0.29) is 6.42 Å². The van der Waals surface area contributed by atoms with E-state index in [0.29, 0.717) is 11.3 Å². The molecule has 6 heteroatoms. The maximum Gasteiger partial charge on any atom is 0.318 e. The third kappa shape index (κ3) is 2.25. The monoisotopic (exact) mass is 234 g/mol. The molecule has 0 atom stereocenters. The van der Waals surface area contributed by atoms with Gasteiger partial charge < -0.3 is 15.2 Å². The minimum atomic E-state index is -1.48. The summed E-state index contributed by atoms with van der Waals surface area (Å²) < 4.78 is 0. The highest BCUT2D eigenvalue weighted by Gasteiger charge is 2.27. The number of fused-ring (bicyclic) bond motifs is 1. The molecule has 0 spiro atoms. The molecule has 0 saturated heterocycles. The van der Waals surface area contributed by atoms with Crippen LogP contribution in [0.4, 0.5) is 0 Å². The van der Waals surface area contributed by atoms with Gasteiger partial charge in [0.1, 0.15) is 5.82 Å². The van der Waals surface area contributed by atoms with Crippen LogP contribution in [-0.2, 0) is 16.0 Å². The average Bonchev–Trinajstić information content (AvgIpc) is 2.67. The normalized spacial score (nSPS) is 10.9. The molecule has 1 heterocycles. The van der Waals surface area contributed by atoms with Crippen molar-refractivity contribution in [2.75, 3.05) is 0 Å². The van der Waals surface area contributed by atoms with Crippen molar-refractivity contribution >= 4 is 23.0 Å². The van der Waals surface area contributed by atoms with Gasteiger partial charge in [-0.25, -0.2) is 4.98 Å². The lowest BCUT2D eigenvalue weighted by Crippen LogP contribution is -2.25. The van der Waals surface area contributed by atoms with Crippen molar-refractivity contribution in [2.24, 2.45) is 5.92 Å². The predicted molar refractivity (Wildman–Crippen MR) is 58.6 cm³/mol. The van der Waals surface area contributed by atoms with Crippen LogP contribution in [0.1, 0.15) is 5.82 Å². The summed E-state index contributed by atoms with van der Waals surface area (Å²) in [6.45, 7) is 0. The highest BCUT2D eigenvalue weighted by molar-refractivity contribution is 5.93. The van der Waals surface area contributed by atoms with E-state index in [2.05, 4.69) is 9.97 Å². The van der Waals surface area contributed by atoms with Gasteiger partial charge in [-0.1, -0.05) is 12.1 Å². The molecule has 0 aliphatic carbocycles. The Morgan fingerprint density at radius 1 is 1.24 bits per heavy atom. The minimum absolute atomic E-state index is 0.153. The number of aromatic amines is 1. The number of rotatable bonds is 4. The second-order valence-corrected chi connectivity index (χ2v) is 3.63. The van der Waals surface area contributed by atoms with Crippen molar-refractivity contribution < 1.29 is 19.8 Å². The molecule has 0 aliphatic rings. The van der Waals surface area contributed by atoms with E-state index in [4.69, 9.17) is 10.2 Å². The van der Waals surface area contributed by atoms with E-state index in [0.717, 1.165) is 5.52 Å². The fraction of sp³-hybridized carbons (Fsp3) is 0.182. The molecule has 6 nitrogen and oxygen atoms in total. The molecule has 0 unspecified atom stereocenters. The van der Waals surface area contributed by atoms with E-state index in [9.17, 15) is 9.59 Å². The number of imidazole rings is 1. The summed E-state index contributed by atoms with van der Waals surface area (Å²) in [5.74, 6) is -3.84. The quantitative estimate of drug-likeness (QED) is 0.681. The van der Waals surface area contributed by atoms with Gasteiger partial charge in [0.2, 0.25) is 0 Å². The zero-order valence-electron chi connectivity index (χ0n) is 8.75. The third-order valence-corrected chi connectivity index (χ3v) is 2.43. The van der Waals surface area contributed by atoms with Crippen LogP contribution in [0.15, 0.2) is 24.3 Å². The van der Waals surface area contributed by atoms with Crippen molar-refractivity contribution in [1.29, 1.82) is 0 Å². The van der Waals surface area contributed by atoms with Crippen LogP contribution in [0.3, 0.4) is 0 Å². The Morgan fingerprint density at radius 2 is 1.88 bits per heavy atom. The zero-order chi connectivity index (χ0) is 12.4. The van der Waals surface area contributed by atoms with Crippen LogP contribution in [0, 0.1) is 5.92 Å². The number of carboxylic acid groups (broad SMARTS) is 2. The highest BCUT2D eigenvalue weighted by atomic mass is 16.4. The molecule has 0 saturated carbocycles. The molecular formula is C11H10N2O4. The summed E-state index contributed by atoms with van der Waals surface area (Å²) >= 11 is 0. The molecule has 88 valence electrons. The van der Waals surface area contributed by atoms with Gasteiger partial charge in [-0.05, 0) is 12.1 Å². The summed E-state index contributed by atoms with van der Waals surface area (Å²) in [5.41, 5.74) is 1.45. The van der Waals surface area contributed by atoms with Gasteiger partial charge in [-0.3, -0.25) is 9.59 Å². The fourth-order valence-corrected chi connectivity index (χ4v) is 1.58. The molecule has 0 aliphatic heterocycles. The summed E-state index contributed by atoms with van der Waals surface area (Å²) in [6, 6.07) is 7.18. The number of aromatic nitrogens is 2. The van der Waals surface area contributed by atoms with Crippen molar-refractivity contribution in [2.45, 2.75) is 6.42 Å². The Labute approximate surface area is 95.9 Å². The van der Waals surface area contributed by atoms with Crippen LogP contribution in [0.2, 0.25) is 0 Å². The molecule has 0 fully saturated rings. The highest BCUT2D eigenvalue weighted by Crippen LogP contribution is 2.13. The maximum atomic E-state index is 10.7. The number of H-pyrrole nitrogens is 1. The molecular weight excluding hydrogens is 224 g/mol. The van der Waals surface area contributed by atoms with Crippen molar-refractivity contribution in [1.82, 2.24) is 9.97 Å². The Balaban J connectivity index is 2.28. The second-order valence-electron chi connectivity index (χ2n) is 3.63. The number of aliphatic carboxylic acids is 2. The van der Waals surface area contributed by atoms with Crippen LogP contribution in [0.25, 0.3) is 11.0 Å². The summed E-state index contributed by atoms with van der Waals surface area (Å²) in [6.07, 6.45) is -0.153. The summed E-state index contributed by atoms with van der Waals surface area (Å²) in [4.78, 5) is 28.5. The lowest BCUT2D eigenvalue weighted by Gasteiger charge is -2.03. The molecule has 2 rings (SSSR count). The molecule has 17 heavy (non-hydrogen) atoms. The number of nitrogens with one attached hydrogen (secondary N) is 1. The minimum Gasteiger partial charge on any atom is -0.481 e. The summed E-state index contributed by atoms with van der Waals surface area (Å²) in [5, 5.41) is 17.5. The van der Waals surface area contributed by atoms with Crippen molar-refractivity contribution in [3.05, 3.63) is 30.1 Å². The van der Waals surface area contributed by atoms with Gasteiger partial charge in [-0.2, -0.15) is 0 Å². The van der Waals surface area contributed by atoms with E-state index in [1.54, 1.807) is 18.2 Å². The van der Waals surface area contributed by atoms with Crippen LogP contribution in [0.5, 0.6) is 0 Å². The van der Waals surface area contributed by atoms with E-state index in [1.165, 1.54) is 0 Å². The van der Waals surface area contributed by atoms with Crippen LogP contribution >= 0.6 is 0 Å². The average molecular weight is 234 g/mol. The Kier molecular flexibility index (Phi) is 2.78. The predicted octanol–water partition coefficient (Wildman–Crippen LogP) is 0.891. The molecule has 2 aromatic rings. The summed E-state index contributed by atoms with van der Waals surface area (Å²) in [7, 11) is 0. The van der Waals surface area contributed by atoms with Gasteiger partial charge in [0, 0.05) is 6.42 Å². The third-order valence-electron chi connectivity index (χ3n) is 2.43. The zero-order valence-corrected chi connectivity index (χ0v) is 8.75. The standard InChI is InChI=1S/C11H10N2O4/c14-10(15)6(11(16)17)5-9-12-7-3-1-2-4-8(7)13-9/h1-4,6H,5H2,(H,12,13)(H,14,15)(H,16,17). The lowest BCUT2D eigenvalue weighted by molar-refractivity contribution is -0.154. The van der Waals surface area contributed by atoms with Crippen molar-refractivity contribution in [3.8, 4) is 0 Å². The van der Waals surface area contributed by atoms with E-state index < -0.39 is 17.9 Å². The van der Waals surface area contributed by atoms with Gasteiger partial charge >= 0.3 is 11.9 Å². The Morgan fingerprint density at radius 3 is 2.47 bits per heavy atom. The Hall–Kier alpha value is -2.37. The largest absolute Gasteiger partial charge is 0.481 e. The van der Waals surface area contributed by atoms with Gasteiger partial charge in [-0.15, -0.1) is 0 Å². The first-order chi connectivity index (χ1) is 8.08. The topological polar surface area (TPSA) is 103 Å². The number of nitrogens with zero attached hydrogens (tertiary/aromatic N) is 1. The lowest BCUT2D eigenvalue weighted by atomic mass is 10.1. The molecule has 0 radical (unpaired) electrons. The van der Waals surface area contributed by atoms with Gasteiger partial charge in [0.15, 0.2) is 5.92 Å². The Bertz CT molecular complexity index is 529. The first-order valence-electron chi connectivity index (χ1n) is 4.97. The number of benzene rings is 1. The second kappa shape index (κ2) is 4.25. The van der Waals surface area contributed by atoms with Crippen LogP contribution in [-0.4, -0.2) is 32.1 Å². The number of hydrogen-bond acceptors (Lipinski definition) is 3. The number of para-hydroxylation sites is 2. The van der Waals surface area contributed by atoms with Crippen molar-refractivity contribution in [3.63, 3.8) is 0 Å². The maximum absolute atomic E-state index is 10.7. The van der Waals surface area contributed by atoms with E-state index >= 15 is 0 Å². The first-order valence-corrected chi connectivity index (χ1v) is 4.97. The van der Waals surface area contributed by atoms with Gasteiger partial charge in [0.25, 0.3) is 0 Å². The molecule has 1 aromatic heterocycles. The van der Waals surface area contributed by atoms with Crippen LogP contribution < -0.4 is 0 Å². The van der Waals surface area contributed by atoms with E-state index in [1.807, 2.05) is 6.07 Å². The number of carboxylic acids is 2. The number of hydrogen-bond donors (Lipinski definition) is 3. The van der Waals surface area contributed by atoms with Gasteiger partial charge in [0.05, 0.1) is 11.0 Å². The smallest absolute Gasteiger partial charge is 0.318 e. The number of carbonyl (C=O) groups is 2. The molecule has 1 aromatic carbocycles. The molecule has 0 amide bonds.